The zero-order valence-corrected chi connectivity index (χ0v) is 25.7. The lowest BCUT2D eigenvalue weighted by molar-refractivity contribution is -0.141. The van der Waals surface area contributed by atoms with Gasteiger partial charge in [0.05, 0.1) is 19.1 Å². The van der Waals surface area contributed by atoms with E-state index in [-0.39, 0.29) is 44.2 Å². The maximum Gasteiger partial charge on any atom is 0.243 e. The van der Waals surface area contributed by atoms with Gasteiger partial charge in [-0.2, -0.15) is 0 Å². The second-order valence-electron chi connectivity index (χ2n) is 9.46. The number of rotatable bonds is 14. The minimum atomic E-state index is -3.64. The highest BCUT2D eigenvalue weighted by Gasteiger charge is 2.31. The summed E-state index contributed by atoms with van der Waals surface area (Å²) >= 11 is 12.9. The summed E-state index contributed by atoms with van der Waals surface area (Å²) in [4.78, 5) is 28.7. The van der Waals surface area contributed by atoms with E-state index in [0.29, 0.717) is 33.6 Å². The SMILES string of the molecule is CCNC(=O)[C@H](Cc1ccccc1)N(Cc1c(Cl)cccc1Cl)C(=O)CCCN(c1cccc(OC)c1)S(C)(=O)=O. The van der Waals surface area contributed by atoms with Gasteiger partial charge in [-0.05, 0) is 43.2 Å². The van der Waals surface area contributed by atoms with Crippen LogP contribution < -0.4 is 14.4 Å². The number of likely N-dealkylation sites (N-methyl/N-ethyl adjacent to an activating group) is 1. The molecule has 3 aromatic rings. The van der Waals surface area contributed by atoms with Crippen molar-refractivity contribution in [1.82, 2.24) is 10.2 Å². The molecule has 0 spiro atoms. The monoisotopic (exact) mass is 619 g/mol. The Kier molecular flexibility index (Phi) is 11.9. The molecule has 0 aliphatic heterocycles. The number of hydrogen-bond acceptors (Lipinski definition) is 5. The van der Waals surface area contributed by atoms with E-state index in [4.69, 9.17) is 27.9 Å². The van der Waals surface area contributed by atoms with Gasteiger partial charge in [0, 0.05) is 54.2 Å². The van der Waals surface area contributed by atoms with Crippen LogP contribution in [0.3, 0.4) is 0 Å². The first-order valence-electron chi connectivity index (χ1n) is 13.2. The van der Waals surface area contributed by atoms with Crippen molar-refractivity contribution in [3.8, 4) is 5.75 Å². The molecule has 0 saturated carbocycles. The van der Waals surface area contributed by atoms with Crippen LogP contribution in [0.15, 0.2) is 72.8 Å². The van der Waals surface area contributed by atoms with E-state index in [1.807, 2.05) is 37.3 Å². The van der Waals surface area contributed by atoms with Crippen LogP contribution in [0.2, 0.25) is 10.0 Å². The highest BCUT2D eigenvalue weighted by atomic mass is 35.5. The highest BCUT2D eigenvalue weighted by molar-refractivity contribution is 7.92. The highest BCUT2D eigenvalue weighted by Crippen LogP contribution is 2.28. The lowest BCUT2D eigenvalue weighted by Gasteiger charge is -2.32. The number of sulfonamides is 1. The molecule has 220 valence electrons. The van der Waals surface area contributed by atoms with Gasteiger partial charge in [0.1, 0.15) is 11.8 Å². The molecule has 1 atom stereocenters. The van der Waals surface area contributed by atoms with Crippen LogP contribution in [0.25, 0.3) is 0 Å². The molecule has 0 fully saturated rings. The summed E-state index contributed by atoms with van der Waals surface area (Å²) in [6, 6.07) is 20.4. The number of carbonyl (C=O) groups is 2. The number of carbonyl (C=O) groups excluding carboxylic acids is 2. The minimum Gasteiger partial charge on any atom is -0.497 e. The maximum atomic E-state index is 13.9. The first kappa shape index (κ1) is 32.2. The molecular weight excluding hydrogens is 585 g/mol. The molecule has 0 saturated heterocycles. The van der Waals surface area contributed by atoms with Crippen molar-refractivity contribution >= 4 is 50.7 Å². The van der Waals surface area contributed by atoms with Crippen molar-refractivity contribution in [3.05, 3.63) is 94.0 Å². The molecule has 0 aliphatic rings. The number of amides is 2. The third kappa shape index (κ3) is 9.11. The zero-order chi connectivity index (χ0) is 30.0. The van der Waals surface area contributed by atoms with Crippen LogP contribution in [0.1, 0.15) is 30.9 Å². The van der Waals surface area contributed by atoms with Gasteiger partial charge in [0.2, 0.25) is 21.8 Å². The number of nitrogens with one attached hydrogen (secondary N) is 1. The van der Waals surface area contributed by atoms with Crippen LogP contribution in [0.4, 0.5) is 5.69 Å². The van der Waals surface area contributed by atoms with Gasteiger partial charge in [0.25, 0.3) is 0 Å². The zero-order valence-electron chi connectivity index (χ0n) is 23.3. The number of halogens is 2. The van der Waals surface area contributed by atoms with Crippen molar-refractivity contribution in [3.63, 3.8) is 0 Å². The molecule has 0 unspecified atom stereocenters. The van der Waals surface area contributed by atoms with E-state index < -0.39 is 16.1 Å². The summed E-state index contributed by atoms with van der Waals surface area (Å²) in [5.41, 5.74) is 1.84. The summed E-state index contributed by atoms with van der Waals surface area (Å²) in [6.45, 7) is 2.27. The van der Waals surface area contributed by atoms with Crippen LogP contribution >= 0.6 is 23.2 Å². The Morgan fingerprint density at radius 3 is 2.24 bits per heavy atom. The number of anilines is 1. The Balaban J connectivity index is 1.91. The smallest absolute Gasteiger partial charge is 0.243 e. The van der Waals surface area contributed by atoms with Gasteiger partial charge in [-0.3, -0.25) is 13.9 Å². The molecule has 0 heterocycles. The third-order valence-corrected chi connectivity index (χ3v) is 8.41. The fourth-order valence-electron chi connectivity index (χ4n) is 4.47. The predicted molar refractivity (Wildman–Crippen MR) is 164 cm³/mol. The maximum absolute atomic E-state index is 13.9. The van der Waals surface area contributed by atoms with E-state index in [1.54, 1.807) is 42.5 Å². The number of methoxy groups -OCH3 is 1. The molecule has 2 amide bonds. The number of ether oxygens (including phenoxy) is 1. The Labute approximate surface area is 252 Å². The molecular formula is C30H35Cl2N3O5S. The number of nitrogens with zero attached hydrogens (tertiary/aromatic N) is 2. The summed E-state index contributed by atoms with van der Waals surface area (Å²) in [5, 5.41) is 3.61. The van der Waals surface area contributed by atoms with E-state index in [1.165, 1.54) is 16.3 Å². The van der Waals surface area contributed by atoms with Gasteiger partial charge < -0.3 is 15.0 Å². The van der Waals surface area contributed by atoms with Crippen LogP contribution in [-0.2, 0) is 32.6 Å². The molecule has 0 aliphatic carbocycles. The van der Waals surface area contributed by atoms with Crippen LogP contribution in [0, 0.1) is 0 Å². The van der Waals surface area contributed by atoms with E-state index in [0.717, 1.165) is 11.8 Å². The molecule has 1 N–H and O–H groups in total. The normalized spacial score (nSPS) is 11.9. The molecule has 3 rings (SSSR count). The number of benzene rings is 3. The van der Waals surface area contributed by atoms with Crippen molar-refractivity contribution in [2.45, 2.75) is 38.8 Å². The van der Waals surface area contributed by atoms with Gasteiger partial charge in [0.15, 0.2) is 0 Å². The topological polar surface area (TPSA) is 96.0 Å². The molecule has 0 aromatic heterocycles. The first-order chi connectivity index (χ1) is 19.5. The molecule has 8 nitrogen and oxygen atoms in total. The van der Waals surface area contributed by atoms with E-state index in [9.17, 15) is 18.0 Å². The second kappa shape index (κ2) is 15.1. The predicted octanol–water partition coefficient (Wildman–Crippen LogP) is 5.32. The average molecular weight is 621 g/mol. The lowest BCUT2D eigenvalue weighted by Crippen LogP contribution is -2.50. The van der Waals surface area contributed by atoms with Gasteiger partial charge in [-0.25, -0.2) is 8.42 Å². The first-order valence-corrected chi connectivity index (χ1v) is 15.8. The van der Waals surface area contributed by atoms with Gasteiger partial charge >= 0.3 is 0 Å². The lowest BCUT2D eigenvalue weighted by atomic mass is 10.0. The Morgan fingerprint density at radius 1 is 0.976 bits per heavy atom. The molecule has 11 heteroatoms. The van der Waals surface area contributed by atoms with Gasteiger partial charge in [-0.1, -0.05) is 65.7 Å². The molecule has 41 heavy (non-hydrogen) atoms. The Hall–Kier alpha value is -3.27. The van der Waals surface area contributed by atoms with Crippen molar-refractivity contribution < 1.29 is 22.7 Å². The average Bonchev–Trinajstić information content (AvgIpc) is 2.94. The molecule has 0 bridgehead atoms. The summed E-state index contributed by atoms with van der Waals surface area (Å²) in [5.74, 6) is -0.116. The van der Waals surface area contributed by atoms with Crippen molar-refractivity contribution in [2.24, 2.45) is 0 Å². The Bertz CT molecular complexity index is 1420. The third-order valence-electron chi connectivity index (χ3n) is 6.51. The summed E-state index contributed by atoms with van der Waals surface area (Å²) in [6.07, 6.45) is 1.59. The van der Waals surface area contributed by atoms with E-state index in [2.05, 4.69) is 5.32 Å². The quantitative estimate of drug-likeness (QED) is 0.263. The van der Waals surface area contributed by atoms with Crippen LogP contribution in [0.5, 0.6) is 5.75 Å². The van der Waals surface area contributed by atoms with Gasteiger partial charge in [-0.15, -0.1) is 0 Å². The fraction of sp³-hybridized carbons (Fsp3) is 0.333. The fourth-order valence-corrected chi connectivity index (χ4v) is 5.94. The van der Waals surface area contributed by atoms with Crippen LogP contribution in [-0.4, -0.2) is 57.6 Å². The minimum absolute atomic E-state index is 0.0112. The second-order valence-corrected chi connectivity index (χ2v) is 12.2. The number of hydrogen-bond donors (Lipinski definition) is 1. The Morgan fingerprint density at radius 2 is 1.63 bits per heavy atom. The summed E-state index contributed by atoms with van der Waals surface area (Å²) < 4.78 is 31.8. The van der Waals surface area contributed by atoms with E-state index >= 15 is 0 Å². The largest absolute Gasteiger partial charge is 0.497 e. The summed E-state index contributed by atoms with van der Waals surface area (Å²) in [7, 11) is -2.14. The van der Waals surface area contributed by atoms with Crippen molar-refractivity contribution in [1.29, 1.82) is 0 Å². The molecule has 0 radical (unpaired) electrons. The standard InChI is InChI=1S/C30H35Cl2N3O5S/c1-4-33-30(37)28(19-22-11-6-5-7-12-22)34(21-25-26(31)15-9-16-27(25)32)29(36)17-10-18-35(41(3,38)39)23-13-8-14-24(20-23)40-2/h5-9,11-16,20,28H,4,10,17-19,21H2,1-3H3,(H,33,37)/t28-/m0/s1. The van der Waals surface area contributed by atoms with Crippen molar-refractivity contribution in [2.75, 3.05) is 30.8 Å². The molecule has 3 aromatic carbocycles.